The number of thioether (sulfide) groups is 1. The van der Waals surface area contributed by atoms with Crippen LogP contribution in [0.4, 0.5) is 0 Å². The maximum atomic E-state index is 9.96. The molecule has 116 valence electrons. The van der Waals surface area contributed by atoms with Crippen LogP contribution in [0.5, 0.6) is 0 Å². The van der Waals surface area contributed by atoms with E-state index in [4.69, 9.17) is 5.73 Å². The highest BCUT2D eigenvalue weighted by Gasteiger charge is 2.43. The van der Waals surface area contributed by atoms with Gasteiger partial charge < -0.3 is 26.2 Å². The van der Waals surface area contributed by atoms with Crippen molar-refractivity contribution in [2.24, 2.45) is 10.7 Å². The lowest BCUT2D eigenvalue weighted by atomic mass is 10.0. The molecule has 1 saturated heterocycles. The van der Waals surface area contributed by atoms with E-state index in [9.17, 15) is 20.4 Å². The summed E-state index contributed by atoms with van der Waals surface area (Å²) in [5.41, 5.74) is 6.88. The minimum Gasteiger partial charge on any atom is -0.395 e. The Labute approximate surface area is 127 Å². The van der Waals surface area contributed by atoms with Crippen molar-refractivity contribution in [2.45, 2.75) is 35.4 Å². The number of nitrogens with two attached hydrogens (primary N) is 1. The first-order valence-electron chi connectivity index (χ1n) is 6.69. The molecular weight excluding hydrogens is 292 g/mol. The summed E-state index contributed by atoms with van der Waals surface area (Å²) >= 11 is 1.11. The summed E-state index contributed by atoms with van der Waals surface area (Å²) in [6.07, 6.45) is -3.31. The van der Waals surface area contributed by atoms with Crippen molar-refractivity contribution in [3.8, 4) is 0 Å². The molecule has 1 aliphatic rings. The van der Waals surface area contributed by atoms with E-state index in [1.165, 1.54) is 0 Å². The second kappa shape index (κ2) is 7.24. The predicted molar refractivity (Wildman–Crippen MR) is 82.0 cm³/mol. The van der Waals surface area contributed by atoms with Gasteiger partial charge in [0, 0.05) is 6.42 Å². The summed E-state index contributed by atoms with van der Waals surface area (Å²) in [4.78, 5) is 4.22. The quantitative estimate of drug-likeness (QED) is 0.363. The molecule has 0 radical (unpaired) electrons. The smallest absolute Gasteiger partial charge is 0.126 e. The van der Waals surface area contributed by atoms with Crippen LogP contribution >= 0.6 is 11.8 Å². The summed E-state index contributed by atoms with van der Waals surface area (Å²) in [7, 11) is 0. The molecule has 0 saturated carbocycles. The minimum absolute atomic E-state index is 0.305. The normalized spacial score (nSPS) is 33.9. The van der Waals surface area contributed by atoms with Gasteiger partial charge in [-0.3, -0.25) is 4.99 Å². The summed E-state index contributed by atoms with van der Waals surface area (Å²) in [6.45, 7) is -0.305. The number of amidine groups is 1. The number of aliphatic hydroxyl groups excluding tert-OH is 4. The molecule has 5 atom stereocenters. The van der Waals surface area contributed by atoms with E-state index >= 15 is 0 Å². The molecule has 6 N–H and O–H groups in total. The predicted octanol–water partition coefficient (Wildman–Crippen LogP) is -0.897. The van der Waals surface area contributed by atoms with E-state index < -0.39 is 28.9 Å². The third-order valence-electron chi connectivity index (χ3n) is 3.39. The Morgan fingerprint density at radius 3 is 2.38 bits per heavy atom. The maximum Gasteiger partial charge on any atom is 0.126 e. The number of benzene rings is 1. The largest absolute Gasteiger partial charge is 0.395 e. The average molecular weight is 312 g/mol. The summed E-state index contributed by atoms with van der Waals surface area (Å²) < 4.78 is 0. The number of aliphatic hydroxyl groups is 4. The molecule has 0 spiro atoms. The standard InChI is InChI=1S/C14H20N2O4S/c15-10(6-8-4-2-1-3-5-8)16-14-13(20)12(19)11(18)9(7-17)21-14/h1-5,9,11-14,17-20H,6-7H2,(H2,15,16)/t9-,11-,12+,13-,14-/m1/s1. The fourth-order valence-corrected chi connectivity index (χ4v) is 3.49. The topological polar surface area (TPSA) is 119 Å². The van der Waals surface area contributed by atoms with E-state index in [2.05, 4.69) is 4.99 Å². The number of hydrogen-bond acceptors (Lipinski definition) is 6. The van der Waals surface area contributed by atoms with Crippen LogP contribution in [0.3, 0.4) is 0 Å². The van der Waals surface area contributed by atoms with Gasteiger partial charge in [-0.05, 0) is 5.56 Å². The average Bonchev–Trinajstić information content (AvgIpc) is 2.49. The van der Waals surface area contributed by atoms with Crippen molar-refractivity contribution in [3.63, 3.8) is 0 Å². The van der Waals surface area contributed by atoms with Gasteiger partial charge in [-0.1, -0.05) is 30.3 Å². The van der Waals surface area contributed by atoms with Crippen molar-refractivity contribution < 1.29 is 20.4 Å². The van der Waals surface area contributed by atoms with Crippen molar-refractivity contribution in [1.82, 2.24) is 0 Å². The molecule has 1 fully saturated rings. The van der Waals surface area contributed by atoms with Gasteiger partial charge in [0.15, 0.2) is 0 Å². The van der Waals surface area contributed by atoms with Gasteiger partial charge in [0.05, 0.1) is 23.8 Å². The molecule has 1 aromatic carbocycles. The first-order valence-corrected chi connectivity index (χ1v) is 7.63. The van der Waals surface area contributed by atoms with Gasteiger partial charge in [-0.25, -0.2) is 0 Å². The van der Waals surface area contributed by atoms with E-state index in [0.717, 1.165) is 17.3 Å². The summed E-state index contributed by atoms with van der Waals surface area (Å²) in [6, 6.07) is 9.54. The van der Waals surface area contributed by atoms with E-state index in [1.807, 2.05) is 30.3 Å². The Kier molecular flexibility index (Phi) is 5.60. The van der Waals surface area contributed by atoms with Gasteiger partial charge in [0.25, 0.3) is 0 Å². The third kappa shape index (κ3) is 3.96. The van der Waals surface area contributed by atoms with E-state index in [-0.39, 0.29) is 6.61 Å². The first-order chi connectivity index (χ1) is 10.0. The van der Waals surface area contributed by atoms with Gasteiger partial charge >= 0.3 is 0 Å². The van der Waals surface area contributed by atoms with Gasteiger partial charge in [0.2, 0.25) is 0 Å². The molecule has 0 bridgehead atoms. The molecule has 0 unspecified atom stereocenters. The SMILES string of the molecule is N/C(Cc1ccccc1)=N\[C@@H]1S[C@H](CO)[C@@H](O)[C@H](O)[C@H]1O. The highest BCUT2D eigenvalue weighted by Crippen LogP contribution is 2.33. The van der Waals surface area contributed by atoms with Crippen molar-refractivity contribution in [2.75, 3.05) is 6.61 Å². The fraction of sp³-hybridized carbons (Fsp3) is 0.500. The molecular formula is C14H20N2O4S. The van der Waals surface area contributed by atoms with Crippen molar-refractivity contribution >= 4 is 17.6 Å². The Bertz CT molecular complexity index is 483. The molecule has 1 heterocycles. The molecule has 7 heteroatoms. The third-order valence-corrected chi connectivity index (χ3v) is 4.83. The molecule has 0 amide bonds. The van der Waals surface area contributed by atoms with Gasteiger partial charge in [0.1, 0.15) is 17.6 Å². The van der Waals surface area contributed by atoms with Crippen LogP contribution in [0.15, 0.2) is 35.3 Å². The minimum atomic E-state index is -1.35. The van der Waals surface area contributed by atoms with Crippen LogP contribution in [0, 0.1) is 0 Å². The Morgan fingerprint density at radius 2 is 1.76 bits per heavy atom. The molecule has 0 aliphatic carbocycles. The molecule has 0 aromatic heterocycles. The lowest BCUT2D eigenvalue weighted by Gasteiger charge is -2.37. The van der Waals surface area contributed by atoms with Crippen LogP contribution in [0.2, 0.25) is 0 Å². The molecule has 21 heavy (non-hydrogen) atoms. The van der Waals surface area contributed by atoms with Crippen LogP contribution < -0.4 is 5.73 Å². The monoisotopic (exact) mass is 312 g/mol. The molecule has 2 rings (SSSR count). The van der Waals surface area contributed by atoms with E-state index in [1.54, 1.807) is 0 Å². The second-order valence-electron chi connectivity index (χ2n) is 5.00. The van der Waals surface area contributed by atoms with Crippen LogP contribution in [-0.2, 0) is 6.42 Å². The fourth-order valence-electron chi connectivity index (χ4n) is 2.20. The Balaban J connectivity index is 2.07. The first kappa shape index (κ1) is 16.3. The molecule has 6 nitrogen and oxygen atoms in total. The molecule has 1 aromatic rings. The van der Waals surface area contributed by atoms with Crippen LogP contribution in [0.25, 0.3) is 0 Å². The highest BCUT2D eigenvalue weighted by atomic mass is 32.2. The van der Waals surface area contributed by atoms with Crippen molar-refractivity contribution in [1.29, 1.82) is 0 Å². The van der Waals surface area contributed by atoms with Crippen LogP contribution in [-0.4, -0.2) is 61.8 Å². The summed E-state index contributed by atoms with van der Waals surface area (Å²) in [5.74, 6) is 0.332. The molecule has 1 aliphatic heterocycles. The zero-order valence-corrected chi connectivity index (χ0v) is 12.2. The number of hydrogen-bond donors (Lipinski definition) is 5. The zero-order valence-electron chi connectivity index (χ0n) is 11.4. The van der Waals surface area contributed by atoms with Gasteiger partial charge in [-0.2, -0.15) is 0 Å². The van der Waals surface area contributed by atoms with Crippen molar-refractivity contribution in [3.05, 3.63) is 35.9 Å². The van der Waals surface area contributed by atoms with E-state index in [0.29, 0.717) is 12.3 Å². The zero-order chi connectivity index (χ0) is 15.4. The van der Waals surface area contributed by atoms with Crippen LogP contribution in [0.1, 0.15) is 5.56 Å². The Morgan fingerprint density at radius 1 is 1.10 bits per heavy atom. The summed E-state index contributed by atoms with van der Waals surface area (Å²) in [5, 5.41) is 37.4. The second-order valence-corrected chi connectivity index (χ2v) is 6.36. The Hall–Kier alpha value is -1.12. The highest BCUT2D eigenvalue weighted by molar-refractivity contribution is 8.00. The maximum absolute atomic E-state index is 9.96. The number of nitrogens with zero attached hydrogens (tertiary/aromatic N) is 1. The van der Waals surface area contributed by atoms with Gasteiger partial charge in [-0.15, -0.1) is 11.8 Å². The number of aliphatic imine (C=N–C) groups is 1. The lowest BCUT2D eigenvalue weighted by molar-refractivity contribution is -0.0688. The lowest BCUT2D eigenvalue weighted by Crippen LogP contribution is -2.53. The number of rotatable bonds is 4.